The van der Waals surface area contributed by atoms with Gasteiger partial charge in [-0.15, -0.1) is 0 Å². The number of anilines is 1. The van der Waals surface area contributed by atoms with Gasteiger partial charge in [-0.05, 0) is 41.9 Å². The van der Waals surface area contributed by atoms with Gasteiger partial charge < -0.3 is 10.0 Å². The summed E-state index contributed by atoms with van der Waals surface area (Å²) in [5.41, 5.74) is 2.90. The Bertz CT molecular complexity index is 383. The lowest BCUT2D eigenvalue weighted by atomic mass is 9.74. The third-order valence-corrected chi connectivity index (χ3v) is 4.38. The topological polar surface area (TPSA) is 23.5 Å². The van der Waals surface area contributed by atoms with Gasteiger partial charge in [0.15, 0.2) is 0 Å². The smallest absolute Gasteiger partial charge is 0.0465 e. The van der Waals surface area contributed by atoms with Crippen molar-refractivity contribution in [3.05, 3.63) is 29.8 Å². The molecule has 1 N–H and O–H groups in total. The van der Waals surface area contributed by atoms with E-state index in [2.05, 4.69) is 49.9 Å². The van der Waals surface area contributed by atoms with E-state index in [1.54, 1.807) is 0 Å². The van der Waals surface area contributed by atoms with Crippen LogP contribution in [0.2, 0.25) is 0 Å². The highest BCUT2D eigenvalue weighted by atomic mass is 16.3. The summed E-state index contributed by atoms with van der Waals surface area (Å²) >= 11 is 0. The molecule has 0 bridgehead atoms. The van der Waals surface area contributed by atoms with Gasteiger partial charge >= 0.3 is 0 Å². The molecule has 18 heavy (non-hydrogen) atoms. The van der Waals surface area contributed by atoms with Crippen LogP contribution in [0.3, 0.4) is 0 Å². The van der Waals surface area contributed by atoms with Gasteiger partial charge in [0.2, 0.25) is 0 Å². The fourth-order valence-electron chi connectivity index (χ4n) is 2.90. The van der Waals surface area contributed by atoms with Gasteiger partial charge in [-0.2, -0.15) is 0 Å². The van der Waals surface area contributed by atoms with Gasteiger partial charge in [0.25, 0.3) is 0 Å². The minimum Gasteiger partial charge on any atom is -0.396 e. The van der Waals surface area contributed by atoms with Gasteiger partial charge in [0.1, 0.15) is 0 Å². The Hall–Kier alpha value is -1.02. The zero-order valence-corrected chi connectivity index (χ0v) is 11.8. The van der Waals surface area contributed by atoms with Crippen LogP contribution in [0, 0.1) is 11.3 Å². The molecule has 0 saturated carbocycles. The molecule has 2 nitrogen and oxygen atoms in total. The van der Waals surface area contributed by atoms with Crippen LogP contribution in [0.1, 0.15) is 32.8 Å². The van der Waals surface area contributed by atoms with Gasteiger partial charge in [0.05, 0.1) is 0 Å². The number of hydrogen-bond donors (Lipinski definition) is 1. The van der Waals surface area contributed by atoms with E-state index in [1.165, 1.54) is 11.3 Å². The quantitative estimate of drug-likeness (QED) is 0.887. The number of aryl methyl sites for hydroxylation is 1. The number of nitrogens with zero attached hydrogens (tertiary/aromatic N) is 1. The molecule has 2 heteroatoms. The summed E-state index contributed by atoms with van der Waals surface area (Å²) in [5, 5.41) is 9.43. The van der Waals surface area contributed by atoms with Gasteiger partial charge in [0, 0.05) is 25.4 Å². The van der Waals surface area contributed by atoms with Gasteiger partial charge in [-0.3, -0.25) is 0 Å². The predicted molar refractivity (Wildman–Crippen MR) is 77.0 cm³/mol. The average Bonchev–Trinajstić information content (AvgIpc) is 2.37. The molecule has 1 saturated heterocycles. The van der Waals surface area contributed by atoms with E-state index < -0.39 is 0 Å². The second-order valence-electron chi connectivity index (χ2n) is 6.10. The highest BCUT2D eigenvalue weighted by molar-refractivity contribution is 5.48. The van der Waals surface area contributed by atoms with E-state index in [9.17, 15) is 5.11 Å². The fraction of sp³-hybridized carbons (Fsp3) is 0.625. The minimum atomic E-state index is 0.191. The molecular formula is C16H25NO. The van der Waals surface area contributed by atoms with Crippen molar-refractivity contribution in [2.24, 2.45) is 11.3 Å². The van der Waals surface area contributed by atoms with Crippen LogP contribution in [0.4, 0.5) is 5.69 Å². The van der Waals surface area contributed by atoms with Crippen molar-refractivity contribution in [2.45, 2.75) is 33.6 Å². The zero-order chi connectivity index (χ0) is 13.2. The number of piperidine rings is 1. The first-order chi connectivity index (χ1) is 8.56. The molecule has 1 heterocycles. The summed E-state index contributed by atoms with van der Waals surface area (Å²) in [5.74, 6) is 0.434. The molecule has 1 aliphatic rings. The molecule has 0 amide bonds. The number of rotatable bonds is 3. The number of aliphatic hydroxyl groups excluding tert-OH is 1. The Labute approximate surface area is 111 Å². The van der Waals surface area contributed by atoms with Crippen molar-refractivity contribution >= 4 is 5.69 Å². The first-order valence-corrected chi connectivity index (χ1v) is 7.01. The van der Waals surface area contributed by atoms with E-state index in [-0.39, 0.29) is 5.41 Å². The minimum absolute atomic E-state index is 0.191. The maximum Gasteiger partial charge on any atom is 0.0465 e. The molecule has 0 spiro atoms. The van der Waals surface area contributed by atoms with Crippen LogP contribution in [-0.2, 0) is 6.42 Å². The third-order valence-electron chi connectivity index (χ3n) is 4.38. The lowest BCUT2D eigenvalue weighted by molar-refractivity contribution is 0.0972. The van der Waals surface area contributed by atoms with Crippen molar-refractivity contribution in [1.82, 2.24) is 0 Å². The summed E-state index contributed by atoms with van der Waals surface area (Å²) in [7, 11) is 0. The summed E-state index contributed by atoms with van der Waals surface area (Å²) in [4.78, 5) is 2.45. The van der Waals surface area contributed by atoms with Crippen LogP contribution < -0.4 is 4.90 Å². The second-order valence-corrected chi connectivity index (χ2v) is 6.10. The second kappa shape index (κ2) is 5.31. The maximum atomic E-state index is 9.43. The van der Waals surface area contributed by atoms with Crippen LogP contribution in [0.15, 0.2) is 24.3 Å². The molecule has 100 valence electrons. The number of hydrogen-bond acceptors (Lipinski definition) is 2. The maximum absolute atomic E-state index is 9.43. The molecule has 2 rings (SSSR count). The van der Waals surface area contributed by atoms with Crippen LogP contribution in [-0.4, -0.2) is 24.8 Å². The lowest BCUT2D eigenvalue weighted by Gasteiger charge is -2.44. The van der Waals surface area contributed by atoms with Crippen molar-refractivity contribution in [2.75, 3.05) is 24.6 Å². The Balaban J connectivity index is 2.10. The molecule has 0 aliphatic carbocycles. The normalized spacial score (nSPS) is 23.1. The van der Waals surface area contributed by atoms with Crippen LogP contribution in [0.25, 0.3) is 0 Å². The molecule has 1 aromatic carbocycles. The zero-order valence-electron chi connectivity index (χ0n) is 11.8. The Morgan fingerprint density at radius 3 is 2.44 bits per heavy atom. The lowest BCUT2D eigenvalue weighted by Crippen LogP contribution is -2.47. The predicted octanol–water partition coefficient (Wildman–Crippen LogP) is 3.09. The molecular weight excluding hydrogens is 222 g/mol. The Kier molecular flexibility index (Phi) is 3.96. The van der Waals surface area contributed by atoms with Crippen molar-refractivity contribution in [1.29, 1.82) is 0 Å². The summed E-state index contributed by atoms with van der Waals surface area (Å²) in [6, 6.07) is 8.91. The Morgan fingerprint density at radius 2 is 1.94 bits per heavy atom. The monoisotopic (exact) mass is 247 g/mol. The molecule has 1 atom stereocenters. The molecule has 0 radical (unpaired) electrons. The largest absolute Gasteiger partial charge is 0.396 e. The standard InChI is InChI=1S/C16H25NO/c1-4-13-5-7-15(8-6-13)17-10-9-14(11-18)16(2,3)12-17/h5-8,14,18H,4,9-12H2,1-3H3. The third kappa shape index (κ3) is 2.69. The molecule has 0 aromatic heterocycles. The Morgan fingerprint density at radius 1 is 1.28 bits per heavy atom. The van der Waals surface area contributed by atoms with E-state index in [0.717, 1.165) is 25.9 Å². The summed E-state index contributed by atoms with van der Waals surface area (Å²) in [6.07, 6.45) is 2.18. The van der Waals surface area contributed by atoms with Crippen LogP contribution in [0.5, 0.6) is 0 Å². The van der Waals surface area contributed by atoms with E-state index >= 15 is 0 Å². The number of benzene rings is 1. The van der Waals surface area contributed by atoms with E-state index in [4.69, 9.17) is 0 Å². The molecule has 1 aliphatic heterocycles. The average molecular weight is 247 g/mol. The highest BCUT2D eigenvalue weighted by Gasteiger charge is 2.35. The van der Waals surface area contributed by atoms with Crippen molar-refractivity contribution < 1.29 is 5.11 Å². The first kappa shape index (κ1) is 13.4. The fourth-order valence-corrected chi connectivity index (χ4v) is 2.90. The number of aliphatic hydroxyl groups is 1. The van der Waals surface area contributed by atoms with Gasteiger partial charge in [-0.25, -0.2) is 0 Å². The molecule has 1 unspecified atom stereocenters. The van der Waals surface area contributed by atoms with Crippen molar-refractivity contribution in [3.8, 4) is 0 Å². The summed E-state index contributed by atoms with van der Waals surface area (Å²) < 4.78 is 0. The van der Waals surface area contributed by atoms with E-state index in [0.29, 0.717) is 12.5 Å². The molecule has 1 aromatic rings. The SMILES string of the molecule is CCc1ccc(N2CCC(CO)C(C)(C)C2)cc1. The molecule has 1 fully saturated rings. The van der Waals surface area contributed by atoms with Gasteiger partial charge in [-0.1, -0.05) is 32.9 Å². The van der Waals surface area contributed by atoms with Crippen LogP contribution >= 0.6 is 0 Å². The highest BCUT2D eigenvalue weighted by Crippen LogP contribution is 2.36. The van der Waals surface area contributed by atoms with E-state index in [1.807, 2.05) is 0 Å². The first-order valence-electron chi connectivity index (χ1n) is 7.01. The summed E-state index contributed by atoms with van der Waals surface area (Å²) in [6.45, 7) is 9.12. The van der Waals surface area contributed by atoms with Crippen molar-refractivity contribution in [3.63, 3.8) is 0 Å².